The van der Waals surface area contributed by atoms with Crippen molar-refractivity contribution in [3.05, 3.63) is 68.3 Å². The molecule has 3 N–H and O–H groups in total. The van der Waals surface area contributed by atoms with Gasteiger partial charge in [-0.05, 0) is 25.1 Å². The minimum atomic E-state index is -0.631. The third kappa shape index (κ3) is 3.07. The van der Waals surface area contributed by atoms with Crippen LogP contribution in [0.25, 0.3) is 22.1 Å². The van der Waals surface area contributed by atoms with Gasteiger partial charge in [0.25, 0.3) is 11.5 Å². The first-order valence-corrected chi connectivity index (χ1v) is 8.76. The Hall–Kier alpha value is -3.75. The van der Waals surface area contributed by atoms with Crippen LogP contribution in [0.1, 0.15) is 21.9 Å². The third-order valence-corrected chi connectivity index (χ3v) is 4.53. The van der Waals surface area contributed by atoms with E-state index in [1.807, 2.05) is 24.3 Å². The number of carbonyl (C=O) groups is 1. The van der Waals surface area contributed by atoms with Gasteiger partial charge in [0.1, 0.15) is 11.5 Å². The molecule has 0 saturated carbocycles. The quantitative estimate of drug-likeness (QED) is 0.484. The van der Waals surface area contributed by atoms with Crippen molar-refractivity contribution in [1.29, 1.82) is 0 Å². The van der Waals surface area contributed by atoms with Gasteiger partial charge in [-0.25, -0.2) is 14.8 Å². The summed E-state index contributed by atoms with van der Waals surface area (Å²) in [6.45, 7) is 2.04. The summed E-state index contributed by atoms with van der Waals surface area (Å²) in [5, 5.41) is 2.90. The smallest absolute Gasteiger partial charge is 0.329 e. The number of hydrogen-bond donors (Lipinski definition) is 3. The van der Waals surface area contributed by atoms with E-state index in [4.69, 9.17) is 0 Å². The summed E-state index contributed by atoms with van der Waals surface area (Å²) in [5.74, 6) is 0.355. The van der Waals surface area contributed by atoms with Crippen LogP contribution in [0.15, 0.2) is 39.9 Å². The molecule has 0 fully saturated rings. The van der Waals surface area contributed by atoms with Crippen molar-refractivity contribution in [3.8, 4) is 0 Å². The molecular weight excluding hydrogens is 360 g/mol. The maximum absolute atomic E-state index is 12.7. The molecule has 142 valence electrons. The summed E-state index contributed by atoms with van der Waals surface area (Å²) < 4.78 is 1.22. The number of benzene rings is 1. The van der Waals surface area contributed by atoms with Gasteiger partial charge in [0.05, 0.1) is 22.0 Å². The van der Waals surface area contributed by atoms with E-state index < -0.39 is 17.2 Å². The molecule has 0 bridgehead atoms. The second kappa shape index (κ2) is 6.76. The average molecular weight is 378 g/mol. The molecule has 0 spiro atoms. The number of amides is 1. The van der Waals surface area contributed by atoms with Crippen LogP contribution in [0.3, 0.4) is 0 Å². The molecule has 1 aromatic carbocycles. The number of nitrogens with zero attached hydrogens (tertiary/aromatic N) is 3. The molecule has 9 nitrogen and oxygen atoms in total. The van der Waals surface area contributed by atoms with Gasteiger partial charge in [0.15, 0.2) is 0 Å². The van der Waals surface area contributed by atoms with E-state index in [-0.39, 0.29) is 16.6 Å². The molecule has 1 amide bonds. The Bertz CT molecular complexity index is 1300. The maximum Gasteiger partial charge on any atom is 0.329 e. The average Bonchev–Trinajstić information content (AvgIpc) is 3.08. The van der Waals surface area contributed by atoms with Crippen molar-refractivity contribution in [2.24, 2.45) is 7.05 Å². The van der Waals surface area contributed by atoms with Gasteiger partial charge in [-0.15, -0.1) is 0 Å². The topological polar surface area (TPSA) is 126 Å². The van der Waals surface area contributed by atoms with Crippen molar-refractivity contribution in [2.45, 2.75) is 13.3 Å². The molecule has 9 heteroatoms. The van der Waals surface area contributed by atoms with E-state index in [0.717, 1.165) is 16.9 Å². The SMILES string of the molecule is Cc1cc(C(=O)NCCc2nc3ccccc3[nH]2)c2c(=O)[nH]c(=O)n(C)c2n1. The first kappa shape index (κ1) is 17.7. The number of H-pyrrole nitrogens is 2. The highest BCUT2D eigenvalue weighted by atomic mass is 16.2. The number of para-hydroxylation sites is 2. The molecule has 0 aliphatic heterocycles. The first-order chi connectivity index (χ1) is 13.4. The van der Waals surface area contributed by atoms with Crippen molar-refractivity contribution >= 4 is 28.0 Å². The third-order valence-electron chi connectivity index (χ3n) is 4.53. The minimum absolute atomic E-state index is 0.0916. The van der Waals surface area contributed by atoms with E-state index in [1.165, 1.54) is 11.6 Å². The lowest BCUT2D eigenvalue weighted by atomic mass is 10.1. The van der Waals surface area contributed by atoms with Crippen LogP contribution < -0.4 is 16.6 Å². The fraction of sp³-hybridized carbons (Fsp3) is 0.211. The summed E-state index contributed by atoms with van der Waals surface area (Å²) in [7, 11) is 1.50. The summed E-state index contributed by atoms with van der Waals surface area (Å²) in [4.78, 5) is 50.9. The predicted molar refractivity (Wildman–Crippen MR) is 104 cm³/mol. The molecule has 0 aliphatic rings. The zero-order valence-electron chi connectivity index (χ0n) is 15.4. The minimum Gasteiger partial charge on any atom is -0.352 e. The van der Waals surface area contributed by atoms with Gasteiger partial charge >= 0.3 is 5.69 Å². The van der Waals surface area contributed by atoms with E-state index in [9.17, 15) is 14.4 Å². The molecule has 3 heterocycles. The number of carbonyl (C=O) groups excluding carboxylic acids is 1. The summed E-state index contributed by atoms with van der Waals surface area (Å²) in [6.07, 6.45) is 0.511. The number of pyridine rings is 1. The molecule has 0 aliphatic carbocycles. The number of nitrogens with one attached hydrogen (secondary N) is 3. The number of aromatic nitrogens is 5. The van der Waals surface area contributed by atoms with Gasteiger partial charge in [0, 0.05) is 25.7 Å². The molecule has 3 aromatic heterocycles. The fourth-order valence-electron chi connectivity index (χ4n) is 3.16. The summed E-state index contributed by atoms with van der Waals surface area (Å²) in [6, 6.07) is 9.23. The molecular formula is C19H18N6O3. The fourth-order valence-corrected chi connectivity index (χ4v) is 3.16. The van der Waals surface area contributed by atoms with E-state index in [1.54, 1.807) is 13.0 Å². The molecule has 0 unspecified atom stereocenters. The van der Waals surface area contributed by atoms with Crippen LogP contribution in [0.5, 0.6) is 0 Å². The van der Waals surface area contributed by atoms with Gasteiger partial charge < -0.3 is 10.3 Å². The summed E-state index contributed by atoms with van der Waals surface area (Å²) >= 11 is 0. The largest absolute Gasteiger partial charge is 0.352 e. The lowest BCUT2D eigenvalue weighted by molar-refractivity contribution is 0.0955. The van der Waals surface area contributed by atoms with Crippen molar-refractivity contribution in [2.75, 3.05) is 6.54 Å². The number of fused-ring (bicyclic) bond motifs is 2. The second-order valence-corrected chi connectivity index (χ2v) is 6.53. The van der Waals surface area contributed by atoms with E-state index in [0.29, 0.717) is 18.7 Å². The molecule has 28 heavy (non-hydrogen) atoms. The summed E-state index contributed by atoms with van der Waals surface area (Å²) in [5.41, 5.74) is 1.50. The number of imidazole rings is 1. The lowest BCUT2D eigenvalue weighted by Gasteiger charge is -2.10. The molecule has 0 radical (unpaired) electrons. The number of aryl methyl sites for hydroxylation is 2. The van der Waals surface area contributed by atoms with Crippen LogP contribution in [0, 0.1) is 6.92 Å². The van der Waals surface area contributed by atoms with Gasteiger partial charge in [-0.1, -0.05) is 12.1 Å². The van der Waals surface area contributed by atoms with Crippen LogP contribution in [0.4, 0.5) is 0 Å². The van der Waals surface area contributed by atoms with Gasteiger partial charge in [0.2, 0.25) is 0 Å². The molecule has 4 rings (SSSR count). The molecule has 0 saturated heterocycles. The number of rotatable bonds is 4. The van der Waals surface area contributed by atoms with Crippen molar-refractivity contribution in [1.82, 2.24) is 29.8 Å². The highest BCUT2D eigenvalue weighted by molar-refractivity contribution is 6.05. The van der Waals surface area contributed by atoms with Crippen LogP contribution >= 0.6 is 0 Å². The highest BCUT2D eigenvalue weighted by Gasteiger charge is 2.17. The Morgan fingerprint density at radius 1 is 1.18 bits per heavy atom. The highest BCUT2D eigenvalue weighted by Crippen LogP contribution is 2.13. The lowest BCUT2D eigenvalue weighted by Crippen LogP contribution is -2.32. The van der Waals surface area contributed by atoms with E-state index in [2.05, 4.69) is 25.3 Å². The molecule has 0 atom stereocenters. The van der Waals surface area contributed by atoms with Gasteiger partial charge in [-0.3, -0.25) is 19.1 Å². The standard InChI is InChI=1S/C19H18N6O3/c1-10-9-11(15-16(21-10)25(2)19(28)24-18(15)27)17(26)20-8-7-14-22-12-5-3-4-6-13(12)23-14/h3-6,9H,7-8H2,1-2H3,(H,20,26)(H,22,23)(H,24,27,28). The molecule has 4 aromatic rings. The van der Waals surface area contributed by atoms with Crippen LogP contribution in [-0.4, -0.2) is 37.0 Å². The first-order valence-electron chi connectivity index (χ1n) is 8.76. The second-order valence-electron chi connectivity index (χ2n) is 6.53. The Morgan fingerprint density at radius 2 is 1.96 bits per heavy atom. The zero-order chi connectivity index (χ0) is 19.8. The van der Waals surface area contributed by atoms with E-state index >= 15 is 0 Å². The normalized spacial score (nSPS) is 11.2. The van der Waals surface area contributed by atoms with Crippen molar-refractivity contribution < 1.29 is 4.79 Å². The Morgan fingerprint density at radius 3 is 2.75 bits per heavy atom. The monoisotopic (exact) mass is 378 g/mol. The van der Waals surface area contributed by atoms with Crippen LogP contribution in [0.2, 0.25) is 0 Å². The Balaban J connectivity index is 1.59. The Labute approximate surface area is 158 Å². The number of aromatic amines is 2. The van der Waals surface area contributed by atoms with Gasteiger partial charge in [-0.2, -0.15) is 0 Å². The predicted octanol–water partition coefficient (Wildman–Crippen LogP) is 0.779. The number of hydrogen-bond acceptors (Lipinski definition) is 5. The van der Waals surface area contributed by atoms with Crippen molar-refractivity contribution in [3.63, 3.8) is 0 Å². The zero-order valence-corrected chi connectivity index (χ0v) is 15.4. The maximum atomic E-state index is 12.7. The Kier molecular flexibility index (Phi) is 4.26. The van der Waals surface area contributed by atoms with Crippen LogP contribution in [-0.2, 0) is 13.5 Å².